The molecule has 94 valence electrons. The third-order valence-electron chi connectivity index (χ3n) is 4.98. The van der Waals surface area contributed by atoms with Crippen molar-refractivity contribution >= 4 is 12.1 Å². The topological polar surface area (TPSA) is 34.1 Å². The Balaban J connectivity index is 2.30. The van der Waals surface area contributed by atoms with E-state index in [1.807, 2.05) is 6.08 Å². The standard InChI is InChI=1S/C15H22O2/c1-10(2)11-6-7-15(3)13(8-11)12(9-16)4-5-14(15)17/h4,9-11,13H,5-8H2,1-3H3/t11-,13+,15-/m1/s1. The predicted octanol–water partition coefficient (Wildman–Crippen LogP) is 3.16. The van der Waals surface area contributed by atoms with Gasteiger partial charge in [0, 0.05) is 11.8 Å². The van der Waals surface area contributed by atoms with Crippen molar-refractivity contribution < 1.29 is 9.59 Å². The number of Topliss-reactive ketones (excluding diaryl/α,β-unsaturated/α-hetero) is 1. The van der Waals surface area contributed by atoms with E-state index in [4.69, 9.17) is 0 Å². The summed E-state index contributed by atoms with van der Waals surface area (Å²) in [4.78, 5) is 23.3. The second-order valence-electron chi connectivity index (χ2n) is 6.20. The summed E-state index contributed by atoms with van der Waals surface area (Å²) < 4.78 is 0. The summed E-state index contributed by atoms with van der Waals surface area (Å²) in [6.45, 7) is 6.54. The van der Waals surface area contributed by atoms with Crippen LogP contribution in [0.2, 0.25) is 0 Å². The number of hydrogen-bond acceptors (Lipinski definition) is 2. The van der Waals surface area contributed by atoms with Gasteiger partial charge in [0.15, 0.2) is 0 Å². The lowest BCUT2D eigenvalue weighted by Gasteiger charge is -2.46. The van der Waals surface area contributed by atoms with Crippen LogP contribution in [0.5, 0.6) is 0 Å². The zero-order valence-electron chi connectivity index (χ0n) is 11.0. The molecule has 0 aromatic heterocycles. The molecule has 0 amide bonds. The van der Waals surface area contributed by atoms with E-state index in [-0.39, 0.29) is 11.3 Å². The average molecular weight is 234 g/mol. The first-order valence-electron chi connectivity index (χ1n) is 6.67. The smallest absolute Gasteiger partial charge is 0.146 e. The Morgan fingerprint density at radius 2 is 2.18 bits per heavy atom. The first-order valence-corrected chi connectivity index (χ1v) is 6.67. The van der Waals surface area contributed by atoms with Crippen molar-refractivity contribution in [2.45, 2.75) is 46.5 Å². The number of carbonyl (C=O) groups excluding carboxylic acids is 2. The molecule has 2 nitrogen and oxygen atoms in total. The number of rotatable bonds is 2. The van der Waals surface area contributed by atoms with E-state index in [0.29, 0.717) is 24.0 Å². The molecule has 2 heteroatoms. The number of allylic oxidation sites excluding steroid dienone is 2. The molecule has 0 bridgehead atoms. The number of ketones is 1. The summed E-state index contributed by atoms with van der Waals surface area (Å²) in [6.07, 6.45) is 6.35. The summed E-state index contributed by atoms with van der Waals surface area (Å²) >= 11 is 0. The highest BCUT2D eigenvalue weighted by molar-refractivity contribution is 5.91. The lowest BCUT2D eigenvalue weighted by molar-refractivity contribution is -0.133. The molecule has 2 rings (SSSR count). The van der Waals surface area contributed by atoms with Gasteiger partial charge < -0.3 is 0 Å². The quantitative estimate of drug-likeness (QED) is 0.688. The lowest BCUT2D eigenvalue weighted by atomic mass is 9.56. The molecule has 2 aliphatic rings. The number of hydrogen-bond donors (Lipinski definition) is 0. The van der Waals surface area contributed by atoms with E-state index in [1.54, 1.807) is 0 Å². The molecule has 0 N–H and O–H groups in total. The van der Waals surface area contributed by atoms with Gasteiger partial charge in [-0.3, -0.25) is 9.59 Å². The minimum atomic E-state index is -0.267. The van der Waals surface area contributed by atoms with Gasteiger partial charge in [0.2, 0.25) is 0 Å². The zero-order chi connectivity index (χ0) is 12.6. The predicted molar refractivity (Wildman–Crippen MR) is 67.5 cm³/mol. The van der Waals surface area contributed by atoms with E-state index in [2.05, 4.69) is 20.8 Å². The second-order valence-corrected chi connectivity index (χ2v) is 6.20. The molecule has 3 atom stereocenters. The number of fused-ring (bicyclic) bond motifs is 1. The van der Waals surface area contributed by atoms with E-state index < -0.39 is 0 Å². The second kappa shape index (κ2) is 4.40. The van der Waals surface area contributed by atoms with Crippen LogP contribution in [0.3, 0.4) is 0 Å². The van der Waals surface area contributed by atoms with Crippen molar-refractivity contribution in [3.8, 4) is 0 Å². The maximum absolute atomic E-state index is 12.1. The SMILES string of the molecule is CC(C)[C@@H]1CC[C@@]2(C)C(=O)CC=C(C=O)[C@@H]2C1. The molecule has 0 aliphatic heterocycles. The molecule has 0 aromatic carbocycles. The van der Waals surface area contributed by atoms with Crippen LogP contribution in [0.1, 0.15) is 46.5 Å². The van der Waals surface area contributed by atoms with Crippen LogP contribution in [0.25, 0.3) is 0 Å². The van der Waals surface area contributed by atoms with Gasteiger partial charge in [-0.15, -0.1) is 0 Å². The minimum Gasteiger partial charge on any atom is -0.299 e. The summed E-state index contributed by atoms with van der Waals surface area (Å²) in [7, 11) is 0. The molecule has 1 saturated carbocycles. The Kier molecular flexibility index (Phi) is 3.24. The van der Waals surface area contributed by atoms with Crippen molar-refractivity contribution in [3.05, 3.63) is 11.6 Å². The van der Waals surface area contributed by atoms with Gasteiger partial charge in [-0.2, -0.15) is 0 Å². The van der Waals surface area contributed by atoms with Crippen molar-refractivity contribution in [1.82, 2.24) is 0 Å². The fourth-order valence-electron chi connectivity index (χ4n) is 3.50. The van der Waals surface area contributed by atoms with Crippen molar-refractivity contribution in [3.63, 3.8) is 0 Å². The van der Waals surface area contributed by atoms with Crippen LogP contribution >= 0.6 is 0 Å². The van der Waals surface area contributed by atoms with Gasteiger partial charge in [-0.25, -0.2) is 0 Å². The Morgan fingerprint density at radius 1 is 1.47 bits per heavy atom. The normalized spacial score (nSPS) is 37.6. The molecular weight excluding hydrogens is 212 g/mol. The summed E-state index contributed by atoms with van der Waals surface area (Å²) in [5, 5.41) is 0. The molecule has 0 spiro atoms. The van der Waals surface area contributed by atoms with Gasteiger partial charge in [-0.1, -0.05) is 26.8 Å². The molecule has 0 unspecified atom stereocenters. The Morgan fingerprint density at radius 3 is 2.76 bits per heavy atom. The van der Waals surface area contributed by atoms with Crippen molar-refractivity contribution in [2.24, 2.45) is 23.2 Å². The van der Waals surface area contributed by atoms with E-state index in [9.17, 15) is 9.59 Å². The molecule has 2 aliphatic carbocycles. The van der Waals surface area contributed by atoms with Gasteiger partial charge in [-0.05, 0) is 42.6 Å². The highest BCUT2D eigenvalue weighted by Crippen LogP contribution is 2.51. The van der Waals surface area contributed by atoms with Crippen molar-refractivity contribution in [1.29, 1.82) is 0 Å². The maximum atomic E-state index is 12.1. The zero-order valence-corrected chi connectivity index (χ0v) is 11.0. The van der Waals surface area contributed by atoms with Gasteiger partial charge in [0.05, 0.1) is 0 Å². The van der Waals surface area contributed by atoms with Crippen LogP contribution in [0.15, 0.2) is 11.6 Å². The van der Waals surface area contributed by atoms with Crippen LogP contribution < -0.4 is 0 Å². The minimum absolute atomic E-state index is 0.169. The average Bonchev–Trinajstić information content (AvgIpc) is 2.30. The third-order valence-corrected chi connectivity index (χ3v) is 4.98. The fourth-order valence-corrected chi connectivity index (χ4v) is 3.50. The van der Waals surface area contributed by atoms with Crippen LogP contribution in [-0.2, 0) is 9.59 Å². The Labute approximate surface area is 103 Å². The molecule has 0 saturated heterocycles. The first kappa shape index (κ1) is 12.5. The van der Waals surface area contributed by atoms with Crippen LogP contribution in [-0.4, -0.2) is 12.1 Å². The lowest BCUT2D eigenvalue weighted by Crippen LogP contribution is -2.44. The number of aldehydes is 1. The largest absolute Gasteiger partial charge is 0.299 e. The van der Waals surface area contributed by atoms with E-state index in [1.165, 1.54) is 0 Å². The summed E-state index contributed by atoms with van der Waals surface area (Å²) in [5.41, 5.74) is 0.605. The van der Waals surface area contributed by atoms with Crippen LogP contribution in [0, 0.1) is 23.2 Å². The van der Waals surface area contributed by atoms with Gasteiger partial charge >= 0.3 is 0 Å². The summed E-state index contributed by atoms with van der Waals surface area (Å²) in [6, 6.07) is 0. The monoisotopic (exact) mass is 234 g/mol. The van der Waals surface area contributed by atoms with Gasteiger partial charge in [0.1, 0.15) is 12.1 Å². The molecule has 17 heavy (non-hydrogen) atoms. The highest BCUT2D eigenvalue weighted by atomic mass is 16.1. The highest BCUT2D eigenvalue weighted by Gasteiger charge is 2.48. The Hall–Kier alpha value is -0.920. The fraction of sp³-hybridized carbons (Fsp3) is 0.733. The van der Waals surface area contributed by atoms with Gasteiger partial charge in [0.25, 0.3) is 0 Å². The number of carbonyl (C=O) groups is 2. The molecule has 0 heterocycles. The first-order chi connectivity index (χ1) is 7.99. The Bertz CT molecular complexity index is 367. The summed E-state index contributed by atoms with van der Waals surface area (Å²) in [5.74, 6) is 1.80. The third kappa shape index (κ3) is 1.98. The molecular formula is C15H22O2. The van der Waals surface area contributed by atoms with E-state index in [0.717, 1.165) is 31.1 Å². The van der Waals surface area contributed by atoms with Crippen LogP contribution in [0.4, 0.5) is 0 Å². The molecule has 0 radical (unpaired) electrons. The van der Waals surface area contributed by atoms with E-state index >= 15 is 0 Å². The molecule has 0 aromatic rings. The van der Waals surface area contributed by atoms with Crippen molar-refractivity contribution in [2.75, 3.05) is 0 Å². The maximum Gasteiger partial charge on any atom is 0.146 e. The molecule has 1 fully saturated rings.